The van der Waals surface area contributed by atoms with E-state index in [-0.39, 0.29) is 0 Å². The number of hydrogen-bond acceptors (Lipinski definition) is 2. The van der Waals surface area contributed by atoms with E-state index in [0.717, 1.165) is 16.7 Å². The lowest BCUT2D eigenvalue weighted by Crippen LogP contribution is -2.12. The Bertz CT molecular complexity index is 441. The van der Waals surface area contributed by atoms with Gasteiger partial charge >= 0.3 is 0 Å². The van der Waals surface area contributed by atoms with Gasteiger partial charge in [0.1, 0.15) is 5.82 Å². The van der Waals surface area contributed by atoms with Gasteiger partial charge in [0.25, 0.3) is 0 Å². The molecule has 0 spiro atoms. The summed E-state index contributed by atoms with van der Waals surface area (Å²) in [6.07, 6.45) is 0. The molecule has 0 fully saturated rings. The summed E-state index contributed by atoms with van der Waals surface area (Å²) < 4.78 is 0. The molecule has 2 rings (SSSR count). The summed E-state index contributed by atoms with van der Waals surface area (Å²) in [5.74, 6) is 0.345. The molecule has 0 aliphatic heterocycles. The molecule has 0 aliphatic rings. The third kappa shape index (κ3) is 2.06. The molecule has 2 nitrogen and oxygen atoms in total. The van der Waals surface area contributed by atoms with Crippen LogP contribution in [0.25, 0.3) is 5.57 Å². The first-order valence-corrected chi connectivity index (χ1v) is 5.15. The first-order chi connectivity index (χ1) is 7.79. The van der Waals surface area contributed by atoms with Crippen molar-refractivity contribution in [2.45, 2.75) is 0 Å². The summed E-state index contributed by atoms with van der Waals surface area (Å²) in [6.45, 7) is 0. The van der Waals surface area contributed by atoms with Crippen molar-refractivity contribution in [3.63, 3.8) is 0 Å². The molecule has 0 radical (unpaired) electrons. The molecule has 0 atom stereocenters. The normalized spacial score (nSPS) is 9.75. The van der Waals surface area contributed by atoms with Gasteiger partial charge in [-0.05, 0) is 11.1 Å². The van der Waals surface area contributed by atoms with Gasteiger partial charge < -0.3 is 11.5 Å². The van der Waals surface area contributed by atoms with Gasteiger partial charge in [-0.15, -0.1) is 0 Å². The average Bonchev–Trinajstić information content (AvgIpc) is 2.31. The molecule has 80 valence electrons. The van der Waals surface area contributed by atoms with E-state index in [1.807, 2.05) is 60.7 Å². The lowest BCUT2D eigenvalue weighted by Gasteiger charge is -2.09. The molecule has 0 aliphatic carbocycles. The summed E-state index contributed by atoms with van der Waals surface area (Å²) in [6, 6.07) is 19.8. The molecule has 4 N–H and O–H groups in total. The molecule has 0 aromatic heterocycles. The Balaban J connectivity index is 2.54. The van der Waals surface area contributed by atoms with E-state index in [1.54, 1.807) is 0 Å². The summed E-state index contributed by atoms with van der Waals surface area (Å²) >= 11 is 0. The van der Waals surface area contributed by atoms with Crippen LogP contribution in [-0.2, 0) is 0 Å². The third-order valence-corrected chi connectivity index (χ3v) is 2.41. The first-order valence-electron chi connectivity index (χ1n) is 5.15. The second kappa shape index (κ2) is 4.53. The molecule has 16 heavy (non-hydrogen) atoms. The van der Waals surface area contributed by atoms with Crippen LogP contribution < -0.4 is 11.5 Å². The minimum atomic E-state index is 0.345. The van der Waals surface area contributed by atoms with Gasteiger partial charge in [0.2, 0.25) is 0 Å². The standard InChI is InChI=1S/C14H14N2/c15-14(16)13(11-7-3-1-4-8-11)12-9-5-2-6-10-12/h1-10H,15-16H2. The van der Waals surface area contributed by atoms with Crippen molar-refractivity contribution >= 4 is 5.57 Å². The van der Waals surface area contributed by atoms with E-state index in [1.165, 1.54) is 0 Å². The fourth-order valence-electron chi connectivity index (χ4n) is 1.71. The quantitative estimate of drug-likeness (QED) is 0.799. The van der Waals surface area contributed by atoms with Gasteiger partial charge in [0, 0.05) is 5.57 Å². The van der Waals surface area contributed by atoms with Crippen molar-refractivity contribution in [2.24, 2.45) is 11.5 Å². The summed E-state index contributed by atoms with van der Waals surface area (Å²) in [4.78, 5) is 0. The molecule has 0 unspecified atom stereocenters. The Hall–Kier alpha value is -2.22. The van der Waals surface area contributed by atoms with E-state index in [4.69, 9.17) is 11.5 Å². The van der Waals surface area contributed by atoms with Crippen LogP contribution in [0.15, 0.2) is 66.5 Å². The molecular formula is C14H14N2. The van der Waals surface area contributed by atoms with E-state index >= 15 is 0 Å². The second-order valence-electron chi connectivity index (χ2n) is 3.56. The molecule has 2 aromatic carbocycles. The molecule has 0 amide bonds. The molecule has 0 saturated heterocycles. The predicted octanol–water partition coefficient (Wildman–Crippen LogP) is 2.32. The van der Waals surface area contributed by atoms with Crippen molar-refractivity contribution < 1.29 is 0 Å². The van der Waals surface area contributed by atoms with E-state index in [0.29, 0.717) is 5.82 Å². The molecule has 2 aromatic rings. The summed E-state index contributed by atoms with van der Waals surface area (Å²) in [7, 11) is 0. The Morgan fingerprint density at radius 3 is 1.31 bits per heavy atom. The summed E-state index contributed by atoms with van der Waals surface area (Å²) in [5.41, 5.74) is 14.5. The zero-order valence-corrected chi connectivity index (χ0v) is 8.93. The van der Waals surface area contributed by atoms with E-state index in [2.05, 4.69) is 0 Å². The van der Waals surface area contributed by atoms with Crippen LogP contribution in [0.5, 0.6) is 0 Å². The molecule has 0 bridgehead atoms. The van der Waals surface area contributed by atoms with Crippen LogP contribution in [0.4, 0.5) is 0 Å². The number of nitrogens with two attached hydrogens (primary N) is 2. The SMILES string of the molecule is NC(N)=C(c1ccccc1)c1ccccc1. The second-order valence-corrected chi connectivity index (χ2v) is 3.56. The Morgan fingerprint density at radius 2 is 1.00 bits per heavy atom. The van der Waals surface area contributed by atoms with E-state index < -0.39 is 0 Å². The van der Waals surface area contributed by atoms with E-state index in [9.17, 15) is 0 Å². The first kappa shape index (κ1) is 10.3. The highest BCUT2D eigenvalue weighted by Gasteiger charge is 2.06. The van der Waals surface area contributed by atoms with Crippen LogP contribution in [0.3, 0.4) is 0 Å². The fourth-order valence-corrected chi connectivity index (χ4v) is 1.71. The third-order valence-electron chi connectivity index (χ3n) is 2.41. The topological polar surface area (TPSA) is 52.0 Å². The van der Waals surface area contributed by atoms with Crippen molar-refractivity contribution in [1.29, 1.82) is 0 Å². The minimum absolute atomic E-state index is 0.345. The van der Waals surface area contributed by atoms with Crippen LogP contribution in [0, 0.1) is 0 Å². The zero-order chi connectivity index (χ0) is 11.4. The maximum absolute atomic E-state index is 5.76. The Kier molecular flexibility index (Phi) is 2.92. The fraction of sp³-hybridized carbons (Fsp3) is 0. The van der Waals surface area contributed by atoms with Gasteiger partial charge in [-0.1, -0.05) is 60.7 Å². The highest BCUT2D eigenvalue weighted by molar-refractivity contribution is 5.81. The van der Waals surface area contributed by atoms with Crippen molar-refractivity contribution in [2.75, 3.05) is 0 Å². The van der Waals surface area contributed by atoms with Crippen molar-refractivity contribution in [3.05, 3.63) is 77.6 Å². The monoisotopic (exact) mass is 210 g/mol. The highest BCUT2D eigenvalue weighted by Crippen LogP contribution is 2.23. The van der Waals surface area contributed by atoms with Crippen LogP contribution in [-0.4, -0.2) is 0 Å². The Morgan fingerprint density at radius 1 is 0.625 bits per heavy atom. The molecule has 2 heteroatoms. The maximum Gasteiger partial charge on any atom is 0.102 e. The van der Waals surface area contributed by atoms with Crippen molar-refractivity contribution in [1.82, 2.24) is 0 Å². The van der Waals surface area contributed by atoms with Gasteiger partial charge in [0.15, 0.2) is 0 Å². The van der Waals surface area contributed by atoms with Crippen LogP contribution in [0.1, 0.15) is 11.1 Å². The lowest BCUT2D eigenvalue weighted by atomic mass is 9.98. The minimum Gasteiger partial charge on any atom is -0.385 e. The van der Waals surface area contributed by atoms with Gasteiger partial charge in [-0.3, -0.25) is 0 Å². The lowest BCUT2D eigenvalue weighted by molar-refractivity contribution is 1.25. The Labute approximate surface area is 95.2 Å². The molecule has 0 saturated carbocycles. The van der Waals surface area contributed by atoms with Crippen molar-refractivity contribution in [3.8, 4) is 0 Å². The number of hydrogen-bond donors (Lipinski definition) is 2. The largest absolute Gasteiger partial charge is 0.385 e. The highest BCUT2D eigenvalue weighted by atomic mass is 14.8. The smallest absolute Gasteiger partial charge is 0.102 e. The van der Waals surface area contributed by atoms with Gasteiger partial charge in [0.05, 0.1) is 0 Å². The number of benzene rings is 2. The van der Waals surface area contributed by atoms with Gasteiger partial charge in [-0.2, -0.15) is 0 Å². The summed E-state index contributed by atoms with van der Waals surface area (Å²) in [5, 5.41) is 0. The molecule has 0 heterocycles. The average molecular weight is 210 g/mol. The predicted molar refractivity (Wildman–Crippen MR) is 67.3 cm³/mol. The number of rotatable bonds is 2. The maximum atomic E-state index is 5.76. The van der Waals surface area contributed by atoms with Crippen LogP contribution >= 0.6 is 0 Å². The zero-order valence-electron chi connectivity index (χ0n) is 8.93. The molecular weight excluding hydrogens is 196 g/mol. The van der Waals surface area contributed by atoms with Gasteiger partial charge in [-0.25, -0.2) is 0 Å². The van der Waals surface area contributed by atoms with Crippen LogP contribution in [0.2, 0.25) is 0 Å².